The van der Waals surface area contributed by atoms with Gasteiger partial charge in [-0.1, -0.05) is 23.7 Å². The molecule has 1 aromatic carbocycles. The molecule has 1 saturated heterocycles. The molecule has 21 heavy (non-hydrogen) atoms. The molecule has 0 bridgehead atoms. The van der Waals surface area contributed by atoms with E-state index in [0.29, 0.717) is 23.9 Å². The second kappa shape index (κ2) is 5.87. The summed E-state index contributed by atoms with van der Waals surface area (Å²) in [6, 6.07) is 9.26. The second-order valence-corrected chi connectivity index (χ2v) is 5.59. The summed E-state index contributed by atoms with van der Waals surface area (Å²) in [5, 5.41) is 7.21. The number of halogens is 1. The van der Waals surface area contributed by atoms with Crippen molar-refractivity contribution in [3.05, 3.63) is 52.8 Å². The first-order valence-corrected chi connectivity index (χ1v) is 7.20. The molecule has 0 aliphatic carbocycles. The van der Waals surface area contributed by atoms with Crippen LogP contribution >= 0.6 is 11.6 Å². The Morgan fingerprint density at radius 3 is 3.05 bits per heavy atom. The smallest absolute Gasteiger partial charge is 0.272 e. The van der Waals surface area contributed by atoms with Gasteiger partial charge >= 0.3 is 0 Å². The van der Waals surface area contributed by atoms with Gasteiger partial charge in [-0.25, -0.2) is 0 Å². The van der Waals surface area contributed by atoms with Crippen molar-refractivity contribution in [3.63, 3.8) is 0 Å². The Kier molecular flexibility index (Phi) is 3.94. The van der Waals surface area contributed by atoms with Crippen molar-refractivity contribution in [1.29, 1.82) is 0 Å². The van der Waals surface area contributed by atoms with E-state index in [9.17, 15) is 4.79 Å². The topological polar surface area (TPSA) is 58.2 Å². The number of ether oxygens (including phenoxy) is 1. The third kappa shape index (κ3) is 2.94. The summed E-state index contributed by atoms with van der Waals surface area (Å²) in [7, 11) is 0. The molecule has 1 fully saturated rings. The van der Waals surface area contributed by atoms with E-state index < -0.39 is 0 Å². The molecule has 1 aliphatic rings. The van der Waals surface area contributed by atoms with Gasteiger partial charge in [-0.2, -0.15) is 5.10 Å². The summed E-state index contributed by atoms with van der Waals surface area (Å²) in [5.41, 5.74) is 1.48. The number of carbonyl (C=O) groups excluding carboxylic acids is 1. The van der Waals surface area contributed by atoms with Gasteiger partial charge in [-0.15, -0.1) is 0 Å². The zero-order valence-corrected chi connectivity index (χ0v) is 12.4. The number of amides is 1. The van der Waals surface area contributed by atoms with Gasteiger partial charge in [0.2, 0.25) is 0 Å². The fourth-order valence-electron chi connectivity index (χ4n) is 2.48. The van der Waals surface area contributed by atoms with Crippen LogP contribution in [-0.2, 0) is 4.74 Å². The number of nitrogens with zero attached hydrogens (tertiary/aromatic N) is 2. The Morgan fingerprint density at radius 2 is 2.33 bits per heavy atom. The summed E-state index contributed by atoms with van der Waals surface area (Å²) in [4.78, 5) is 14.3. The maximum Gasteiger partial charge on any atom is 0.272 e. The van der Waals surface area contributed by atoms with Crippen LogP contribution in [0.3, 0.4) is 0 Å². The third-order valence-corrected chi connectivity index (χ3v) is 3.88. The Labute approximate surface area is 127 Å². The molecule has 3 rings (SSSR count). The van der Waals surface area contributed by atoms with Crippen LogP contribution in [0.25, 0.3) is 0 Å². The Balaban J connectivity index is 1.80. The van der Waals surface area contributed by atoms with Crippen LogP contribution in [0.15, 0.2) is 36.5 Å². The lowest BCUT2D eigenvalue weighted by atomic mass is 10.1. The SMILES string of the molecule is CC1COC(c2cccc(Cl)c2)CN1C(=O)c1ccn[nH]1. The van der Waals surface area contributed by atoms with E-state index >= 15 is 0 Å². The van der Waals surface area contributed by atoms with Crippen molar-refractivity contribution >= 4 is 17.5 Å². The lowest BCUT2D eigenvalue weighted by Gasteiger charge is -2.38. The van der Waals surface area contributed by atoms with Crippen LogP contribution in [0.2, 0.25) is 5.02 Å². The fourth-order valence-corrected chi connectivity index (χ4v) is 2.68. The summed E-state index contributed by atoms with van der Waals surface area (Å²) in [6.45, 7) is 2.97. The number of aromatic amines is 1. The highest BCUT2D eigenvalue weighted by molar-refractivity contribution is 6.30. The van der Waals surface area contributed by atoms with Gasteiger partial charge in [0, 0.05) is 11.2 Å². The molecule has 0 saturated carbocycles. The Hall–Kier alpha value is -1.85. The zero-order valence-electron chi connectivity index (χ0n) is 11.6. The number of morpholine rings is 1. The number of rotatable bonds is 2. The standard InChI is InChI=1S/C15H16ClN3O2/c1-10-9-21-14(11-3-2-4-12(16)7-11)8-19(10)15(20)13-5-6-17-18-13/h2-7,10,14H,8-9H2,1H3,(H,17,18). The van der Waals surface area contributed by atoms with E-state index in [1.807, 2.05) is 36.1 Å². The second-order valence-electron chi connectivity index (χ2n) is 5.15. The molecule has 0 radical (unpaired) electrons. The molecule has 1 N–H and O–H groups in total. The molecule has 1 aliphatic heterocycles. The average molecular weight is 306 g/mol. The first kappa shape index (κ1) is 14.1. The van der Waals surface area contributed by atoms with Crippen LogP contribution in [0.5, 0.6) is 0 Å². The molecule has 0 spiro atoms. The number of benzene rings is 1. The monoisotopic (exact) mass is 305 g/mol. The van der Waals surface area contributed by atoms with Crippen molar-refractivity contribution in [2.75, 3.05) is 13.2 Å². The lowest BCUT2D eigenvalue weighted by Crippen LogP contribution is -2.48. The van der Waals surface area contributed by atoms with Crippen LogP contribution in [0, 0.1) is 0 Å². The van der Waals surface area contributed by atoms with Crippen molar-refractivity contribution in [3.8, 4) is 0 Å². The molecular weight excluding hydrogens is 290 g/mol. The van der Waals surface area contributed by atoms with E-state index in [4.69, 9.17) is 16.3 Å². The molecule has 2 heterocycles. The predicted molar refractivity (Wildman–Crippen MR) is 79.2 cm³/mol. The minimum absolute atomic E-state index is 0.0243. The quantitative estimate of drug-likeness (QED) is 0.928. The summed E-state index contributed by atoms with van der Waals surface area (Å²) >= 11 is 6.02. The summed E-state index contributed by atoms with van der Waals surface area (Å²) in [6.07, 6.45) is 1.42. The minimum Gasteiger partial charge on any atom is -0.370 e. The van der Waals surface area contributed by atoms with Gasteiger partial charge in [0.1, 0.15) is 11.8 Å². The molecule has 1 amide bonds. The number of nitrogens with one attached hydrogen (secondary N) is 1. The average Bonchev–Trinajstić information content (AvgIpc) is 3.01. The third-order valence-electron chi connectivity index (χ3n) is 3.65. The molecule has 110 valence electrons. The molecule has 2 atom stereocenters. The molecule has 1 aromatic heterocycles. The van der Waals surface area contributed by atoms with E-state index in [1.54, 1.807) is 12.3 Å². The normalized spacial score (nSPS) is 22.3. The van der Waals surface area contributed by atoms with Crippen molar-refractivity contribution in [2.45, 2.75) is 19.1 Å². The highest BCUT2D eigenvalue weighted by Crippen LogP contribution is 2.27. The highest BCUT2D eigenvalue weighted by Gasteiger charge is 2.31. The first-order valence-electron chi connectivity index (χ1n) is 6.82. The van der Waals surface area contributed by atoms with Gasteiger partial charge in [0.15, 0.2) is 0 Å². The summed E-state index contributed by atoms with van der Waals surface area (Å²) < 4.78 is 5.85. The molecule has 6 heteroatoms. The van der Waals surface area contributed by atoms with Crippen LogP contribution in [0.1, 0.15) is 29.1 Å². The summed E-state index contributed by atoms with van der Waals surface area (Å²) in [5.74, 6) is -0.0599. The van der Waals surface area contributed by atoms with Gasteiger partial charge in [0.25, 0.3) is 5.91 Å². The zero-order chi connectivity index (χ0) is 14.8. The van der Waals surface area contributed by atoms with Gasteiger partial charge in [0.05, 0.1) is 19.2 Å². The van der Waals surface area contributed by atoms with E-state index in [-0.39, 0.29) is 18.1 Å². The van der Waals surface area contributed by atoms with Crippen molar-refractivity contribution < 1.29 is 9.53 Å². The van der Waals surface area contributed by atoms with Crippen LogP contribution < -0.4 is 0 Å². The Bertz CT molecular complexity index is 630. The maximum absolute atomic E-state index is 12.5. The van der Waals surface area contributed by atoms with Gasteiger partial charge < -0.3 is 9.64 Å². The predicted octanol–water partition coefficient (Wildman–Crippen LogP) is 2.67. The fraction of sp³-hybridized carbons (Fsp3) is 0.333. The molecule has 5 nitrogen and oxygen atoms in total. The van der Waals surface area contributed by atoms with Crippen LogP contribution in [0.4, 0.5) is 0 Å². The molecular formula is C15H16ClN3O2. The maximum atomic E-state index is 12.5. The number of carbonyl (C=O) groups is 1. The van der Waals surface area contributed by atoms with Gasteiger partial charge in [-0.05, 0) is 30.7 Å². The van der Waals surface area contributed by atoms with Crippen molar-refractivity contribution in [1.82, 2.24) is 15.1 Å². The molecule has 2 unspecified atom stereocenters. The minimum atomic E-state index is -0.160. The lowest BCUT2D eigenvalue weighted by molar-refractivity contribution is -0.0488. The van der Waals surface area contributed by atoms with Crippen molar-refractivity contribution in [2.24, 2.45) is 0 Å². The highest BCUT2D eigenvalue weighted by atomic mass is 35.5. The van der Waals surface area contributed by atoms with Gasteiger partial charge in [-0.3, -0.25) is 9.89 Å². The van der Waals surface area contributed by atoms with Crippen LogP contribution in [-0.4, -0.2) is 40.2 Å². The van der Waals surface area contributed by atoms with E-state index in [2.05, 4.69) is 10.2 Å². The first-order chi connectivity index (χ1) is 10.1. The van der Waals surface area contributed by atoms with E-state index in [1.165, 1.54) is 0 Å². The number of H-pyrrole nitrogens is 1. The molecule has 2 aromatic rings. The Morgan fingerprint density at radius 1 is 1.48 bits per heavy atom. The largest absolute Gasteiger partial charge is 0.370 e. The van der Waals surface area contributed by atoms with E-state index in [0.717, 1.165) is 5.56 Å². The number of hydrogen-bond acceptors (Lipinski definition) is 3. The number of hydrogen-bond donors (Lipinski definition) is 1. The number of aromatic nitrogens is 2.